The molecule has 3 aromatic rings. The summed E-state index contributed by atoms with van der Waals surface area (Å²) in [5.41, 5.74) is 0.790. The molecule has 0 saturated carbocycles. The van der Waals surface area contributed by atoms with E-state index in [-0.39, 0.29) is 34.0 Å². The lowest BCUT2D eigenvalue weighted by Crippen LogP contribution is -2.07. The maximum Gasteiger partial charge on any atom is 0.204 e. The zero-order valence-electron chi connectivity index (χ0n) is 12.6. The Hall–Kier alpha value is -2.99. The summed E-state index contributed by atoms with van der Waals surface area (Å²) in [7, 11) is 0. The topological polar surface area (TPSA) is 92.4 Å². The summed E-state index contributed by atoms with van der Waals surface area (Å²) < 4.78 is 16.1. The number of fused-ring (bicyclic) bond motifs is 1. The lowest BCUT2D eigenvalue weighted by Gasteiger charge is -2.08. The normalized spacial score (nSPS) is 16.2. The van der Waals surface area contributed by atoms with Crippen LogP contribution in [-0.4, -0.2) is 29.5 Å². The maximum absolute atomic E-state index is 12.7. The van der Waals surface area contributed by atoms with E-state index in [1.54, 1.807) is 18.2 Å². The van der Waals surface area contributed by atoms with Crippen LogP contribution in [0.15, 0.2) is 51.9 Å². The van der Waals surface area contributed by atoms with Gasteiger partial charge in [0.1, 0.15) is 47.2 Å². The van der Waals surface area contributed by atoms with Crippen molar-refractivity contribution in [1.29, 1.82) is 0 Å². The van der Waals surface area contributed by atoms with Gasteiger partial charge >= 0.3 is 0 Å². The molecular formula is C18H14O6. The molecule has 6 nitrogen and oxygen atoms in total. The minimum atomic E-state index is -0.350. The van der Waals surface area contributed by atoms with Crippen LogP contribution in [0.4, 0.5) is 0 Å². The number of hydrogen-bond acceptors (Lipinski definition) is 6. The van der Waals surface area contributed by atoms with Crippen LogP contribution in [0.25, 0.3) is 22.1 Å². The van der Waals surface area contributed by atoms with E-state index in [9.17, 15) is 15.0 Å². The van der Waals surface area contributed by atoms with E-state index in [0.717, 1.165) is 0 Å². The minimum Gasteiger partial charge on any atom is -0.508 e. The number of ether oxygens (including phenoxy) is 2. The molecule has 2 aromatic carbocycles. The van der Waals surface area contributed by atoms with E-state index >= 15 is 0 Å². The van der Waals surface area contributed by atoms with Gasteiger partial charge in [0, 0.05) is 12.1 Å². The summed E-state index contributed by atoms with van der Waals surface area (Å²) in [5, 5.41) is 19.7. The number of aromatic hydroxyl groups is 2. The van der Waals surface area contributed by atoms with Crippen molar-refractivity contribution in [2.75, 3.05) is 13.2 Å². The first kappa shape index (κ1) is 14.6. The van der Waals surface area contributed by atoms with Crippen molar-refractivity contribution in [3.63, 3.8) is 0 Å². The fraction of sp³-hybridized carbons (Fsp3) is 0.167. The van der Waals surface area contributed by atoms with Gasteiger partial charge in [-0.05, 0) is 17.7 Å². The number of hydrogen-bond donors (Lipinski definition) is 2. The summed E-state index contributed by atoms with van der Waals surface area (Å²) in [6.07, 6.45) is 1.43. The Bertz CT molecular complexity index is 954. The summed E-state index contributed by atoms with van der Waals surface area (Å²) in [4.78, 5) is 12.7. The summed E-state index contributed by atoms with van der Waals surface area (Å²) in [6, 6.07) is 9.14. The zero-order valence-corrected chi connectivity index (χ0v) is 12.6. The van der Waals surface area contributed by atoms with Crippen LogP contribution < -0.4 is 10.2 Å². The molecule has 1 fully saturated rings. The van der Waals surface area contributed by atoms with Crippen LogP contribution in [0.5, 0.6) is 17.2 Å². The van der Waals surface area contributed by atoms with Crippen molar-refractivity contribution in [3.05, 3.63) is 52.9 Å². The molecule has 122 valence electrons. The SMILES string of the molecule is O=c1c(-c2ccc(O)cc2)coc2cc(OCC3CO3)cc(O)c12. The first-order valence-corrected chi connectivity index (χ1v) is 7.44. The molecule has 6 heteroatoms. The second-order valence-electron chi connectivity index (χ2n) is 5.61. The fourth-order valence-electron chi connectivity index (χ4n) is 2.48. The average Bonchev–Trinajstić information content (AvgIpc) is 3.38. The van der Waals surface area contributed by atoms with Gasteiger partial charge in [0.2, 0.25) is 5.43 Å². The Morgan fingerprint density at radius 3 is 2.62 bits per heavy atom. The molecule has 1 aliphatic rings. The molecule has 1 aliphatic heterocycles. The summed E-state index contributed by atoms with van der Waals surface area (Å²) >= 11 is 0. The van der Waals surface area contributed by atoms with Gasteiger partial charge in [-0.3, -0.25) is 4.79 Å². The summed E-state index contributed by atoms with van der Waals surface area (Å²) in [6.45, 7) is 1.06. The van der Waals surface area contributed by atoms with E-state index in [1.165, 1.54) is 24.5 Å². The molecule has 0 bridgehead atoms. The predicted molar refractivity (Wildman–Crippen MR) is 86.5 cm³/mol. The Labute approximate surface area is 136 Å². The van der Waals surface area contributed by atoms with Crippen molar-refractivity contribution >= 4 is 11.0 Å². The highest BCUT2D eigenvalue weighted by Crippen LogP contribution is 2.31. The van der Waals surface area contributed by atoms with E-state index in [4.69, 9.17) is 13.9 Å². The van der Waals surface area contributed by atoms with Crippen LogP contribution in [0, 0.1) is 0 Å². The number of benzene rings is 2. The molecule has 24 heavy (non-hydrogen) atoms. The molecule has 0 spiro atoms. The van der Waals surface area contributed by atoms with Crippen LogP contribution in [0.1, 0.15) is 0 Å². The van der Waals surface area contributed by atoms with Gasteiger partial charge in [-0.25, -0.2) is 0 Å². The highest BCUT2D eigenvalue weighted by atomic mass is 16.6. The quantitative estimate of drug-likeness (QED) is 0.716. The highest BCUT2D eigenvalue weighted by molar-refractivity contribution is 5.88. The second-order valence-corrected chi connectivity index (χ2v) is 5.61. The van der Waals surface area contributed by atoms with Crippen LogP contribution >= 0.6 is 0 Å². The van der Waals surface area contributed by atoms with E-state index in [1.807, 2.05) is 0 Å². The molecule has 2 heterocycles. The number of phenolic OH excluding ortho intramolecular Hbond substituents is 2. The highest BCUT2D eigenvalue weighted by Gasteiger charge is 2.23. The van der Waals surface area contributed by atoms with Crippen molar-refractivity contribution in [1.82, 2.24) is 0 Å². The molecule has 0 aliphatic carbocycles. The van der Waals surface area contributed by atoms with Gasteiger partial charge in [0.25, 0.3) is 0 Å². The Morgan fingerprint density at radius 2 is 1.92 bits per heavy atom. The zero-order chi connectivity index (χ0) is 16.7. The monoisotopic (exact) mass is 326 g/mol. The summed E-state index contributed by atoms with van der Waals surface area (Å²) in [5.74, 6) is 0.317. The molecule has 1 aromatic heterocycles. The lowest BCUT2D eigenvalue weighted by atomic mass is 10.0. The first-order valence-electron chi connectivity index (χ1n) is 7.44. The molecule has 2 N–H and O–H groups in total. The lowest BCUT2D eigenvalue weighted by molar-refractivity contribution is 0.262. The third-order valence-corrected chi connectivity index (χ3v) is 3.85. The van der Waals surface area contributed by atoms with Gasteiger partial charge in [-0.2, -0.15) is 0 Å². The Balaban J connectivity index is 1.77. The van der Waals surface area contributed by atoms with E-state index in [0.29, 0.717) is 30.1 Å². The molecule has 1 saturated heterocycles. The minimum absolute atomic E-state index is 0.0896. The standard InChI is InChI=1S/C18H14O6/c19-11-3-1-10(2-4-11)14-9-24-16-6-12(22-7-13-8-23-13)5-15(20)17(16)18(14)21/h1-6,9,13,19-20H,7-8H2. The molecule has 0 amide bonds. The fourth-order valence-corrected chi connectivity index (χ4v) is 2.48. The smallest absolute Gasteiger partial charge is 0.204 e. The number of rotatable bonds is 4. The Kier molecular flexibility index (Phi) is 3.39. The Morgan fingerprint density at radius 1 is 1.17 bits per heavy atom. The average molecular weight is 326 g/mol. The molecule has 1 unspecified atom stereocenters. The van der Waals surface area contributed by atoms with Gasteiger partial charge in [0.15, 0.2) is 0 Å². The van der Waals surface area contributed by atoms with Crippen molar-refractivity contribution in [2.45, 2.75) is 6.10 Å². The van der Waals surface area contributed by atoms with Crippen molar-refractivity contribution in [3.8, 4) is 28.4 Å². The second kappa shape index (κ2) is 5.58. The van der Waals surface area contributed by atoms with Gasteiger partial charge in [0.05, 0.1) is 12.2 Å². The van der Waals surface area contributed by atoms with Crippen molar-refractivity contribution < 1.29 is 24.1 Å². The van der Waals surface area contributed by atoms with Gasteiger partial charge in [-0.1, -0.05) is 12.1 Å². The largest absolute Gasteiger partial charge is 0.508 e. The first-order chi connectivity index (χ1) is 11.6. The third-order valence-electron chi connectivity index (χ3n) is 3.85. The molecule has 4 rings (SSSR count). The predicted octanol–water partition coefficient (Wildman–Crippen LogP) is 2.65. The molecule has 1 atom stereocenters. The van der Waals surface area contributed by atoms with Gasteiger partial charge < -0.3 is 24.1 Å². The third kappa shape index (κ3) is 2.68. The van der Waals surface area contributed by atoms with Crippen LogP contribution in [0.3, 0.4) is 0 Å². The number of phenols is 2. The molecule has 0 radical (unpaired) electrons. The van der Waals surface area contributed by atoms with Crippen LogP contribution in [0.2, 0.25) is 0 Å². The van der Waals surface area contributed by atoms with Gasteiger partial charge in [-0.15, -0.1) is 0 Å². The van der Waals surface area contributed by atoms with Crippen LogP contribution in [-0.2, 0) is 4.74 Å². The van der Waals surface area contributed by atoms with Crippen molar-refractivity contribution in [2.24, 2.45) is 0 Å². The molecular weight excluding hydrogens is 312 g/mol. The van der Waals surface area contributed by atoms with E-state index < -0.39 is 0 Å². The number of epoxide rings is 1. The maximum atomic E-state index is 12.7. The van der Waals surface area contributed by atoms with E-state index in [2.05, 4.69) is 0 Å².